The topological polar surface area (TPSA) is 65.0 Å². The monoisotopic (exact) mass is 641 g/mol. The zero-order chi connectivity index (χ0) is 20.4. The average Bonchev–Trinajstić information content (AvgIpc) is 2.98. The van der Waals surface area contributed by atoms with Crippen LogP contribution in [0.3, 0.4) is 0 Å². The van der Waals surface area contributed by atoms with Crippen molar-refractivity contribution in [2.45, 2.75) is 13.3 Å². The van der Waals surface area contributed by atoms with Crippen LogP contribution in [-0.4, -0.2) is 17.8 Å². The van der Waals surface area contributed by atoms with E-state index in [9.17, 15) is 9.59 Å². The number of benzene rings is 2. The number of cyclic esters (lactones) is 1. The molecule has 0 spiro atoms. The molecule has 0 amide bonds. The summed E-state index contributed by atoms with van der Waals surface area (Å²) in [6.45, 7) is 1.73. The minimum Gasteiger partial charge on any atom is -0.424 e. The molecule has 0 saturated heterocycles. The third-order valence-electron chi connectivity index (χ3n) is 3.61. The first-order chi connectivity index (χ1) is 13.3. The number of hydrogen-bond acceptors (Lipinski definition) is 5. The van der Waals surface area contributed by atoms with Crippen molar-refractivity contribution in [3.63, 3.8) is 0 Å². The van der Waals surface area contributed by atoms with Crippen molar-refractivity contribution in [2.24, 2.45) is 4.99 Å². The molecule has 1 aliphatic heterocycles. The number of carbonyl (C=O) groups is 2. The van der Waals surface area contributed by atoms with Crippen LogP contribution in [0, 0.1) is 7.14 Å². The minimum absolute atomic E-state index is 0.121. The maximum Gasteiger partial charge on any atom is 0.363 e. The van der Waals surface area contributed by atoms with Crippen LogP contribution in [0.1, 0.15) is 24.5 Å². The zero-order valence-corrected chi connectivity index (χ0v) is 20.1. The van der Waals surface area contributed by atoms with Gasteiger partial charge in [-0.15, -0.1) is 0 Å². The van der Waals surface area contributed by atoms with Gasteiger partial charge in [-0.3, -0.25) is 4.79 Å². The van der Waals surface area contributed by atoms with Crippen LogP contribution in [0.25, 0.3) is 6.08 Å². The third-order valence-corrected chi connectivity index (χ3v) is 5.76. The third kappa shape index (κ3) is 4.87. The van der Waals surface area contributed by atoms with E-state index in [-0.39, 0.29) is 24.0 Å². The second-order valence-electron chi connectivity index (χ2n) is 5.60. The van der Waals surface area contributed by atoms with Gasteiger partial charge in [0, 0.05) is 11.4 Å². The summed E-state index contributed by atoms with van der Waals surface area (Å²) in [7, 11) is 0. The largest absolute Gasteiger partial charge is 0.424 e. The zero-order valence-electron chi connectivity index (χ0n) is 14.3. The first kappa shape index (κ1) is 21.5. The molecule has 0 radical (unpaired) electrons. The van der Waals surface area contributed by atoms with Crippen LogP contribution < -0.4 is 4.74 Å². The maximum absolute atomic E-state index is 12.2. The molecule has 1 aliphatic rings. The predicted octanol–water partition coefficient (Wildman–Crippen LogP) is 5.86. The summed E-state index contributed by atoms with van der Waals surface area (Å²) in [6, 6.07) is 8.43. The first-order valence-corrected chi connectivity index (χ1v) is 10.9. The summed E-state index contributed by atoms with van der Waals surface area (Å²) in [5, 5.41) is 0.814. The molecular formula is C19H11Cl2I2NO4. The lowest BCUT2D eigenvalue weighted by atomic mass is 10.2. The smallest absolute Gasteiger partial charge is 0.363 e. The van der Waals surface area contributed by atoms with E-state index in [0.29, 0.717) is 21.4 Å². The summed E-state index contributed by atoms with van der Waals surface area (Å²) in [5.41, 5.74) is 1.35. The minimum atomic E-state index is -0.576. The van der Waals surface area contributed by atoms with Gasteiger partial charge >= 0.3 is 11.9 Å². The molecule has 0 saturated carbocycles. The van der Waals surface area contributed by atoms with E-state index >= 15 is 0 Å². The fourth-order valence-corrected chi connectivity index (χ4v) is 4.82. The Kier molecular flexibility index (Phi) is 7.00. The molecule has 3 rings (SSSR count). The Morgan fingerprint density at radius 1 is 1.21 bits per heavy atom. The molecule has 0 atom stereocenters. The van der Waals surface area contributed by atoms with Crippen molar-refractivity contribution < 1.29 is 19.1 Å². The molecule has 28 heavy (non-hydrogen) atoms. The molecule has 9 heteroatoms. The quantitative estimate of drug-likeness (QED) is 0.182. The van der Waals surface area contributed by atoms with Crippen LogP contribution in [0.4, 0.5) is 0 Å². The highest BCUT2D eigenvalue weighted by Gasteiger charge is 2.26. The standard InChI is InChI=1S/C19H11Cl2I2NO4/c1-2-16(25)27-17-13(22)5-9(6-14(17)23)7-15-19(26)28-18(24-15)11-4-3-10(20)8-12(11)21/h3-8H,2H2,1H3/b15-7-. The molecule has 2 aromatic carbocycles. The molecule has 0 fully saturated rings. The predicted molar refractivity (Wildman–Crippen MR) is 125 cm³/mol. The molecule has 0 bridgehead atoms. The average molecular weight is 642 g/mol. The number of hydrogen-bond donors (Lipinski definition) is 0. The number of aliphatic imine (C=N–C) groups is 1. The molecule has 2 aromatic rings. The highest BCUT2D eigenvalue weighted by atomic mass is 127. The molecule has 144 valence electrons. The van der Waals surface area contributed by atoms with Crippen LogP contribution in [0.5, 0.6) is 5.75 Å². The summed E-state index contributed by atoms with van der Waals surface area (Å²) < 4.78 is 12.1. The molecule has 0 unspecified atom stereocenters. The Labute approximate surface area is 198 Å². The van der Waals surface area contributed by atoms with Gasteiger partial charge in [-0.25, -0.2) is 9.79 Å². The SMILES string of the molecule is CCC(=O)Oc1c(I)cc(/C=C2\N=C(c3ccc(Cl)cc3Cl)OC2=O)cc1I. The van der Waals surface area contributed by atoms with E-state index in [1.54, 1.807) is 43.3 Å². The van der Waals surface area contributed by atoms with Gasteiger partial charge in [-0.2, -0.15) is 0 Å². The number of nitrogens with zero attached hydrogens (tertiary/aromatic N) is 1. The van der Waals surface area contributed by atoms with E-state index < -0.39 is 5.97 Å². The Morgan fingerprint density at radius 3 is 2.50 bits per heavy atom. The highest BCUT2D eigenvalue weighted by Crippen LogP contribution is 2.31. The molecular weight excluding hydrogens is 631 g/mol. The molecule has 0 aromatic heterocycles. The maximum atomic E-state index is 12.2. The Hall–Kier alpha value is -1.17. The fourth-order valence-electron chi connectivity index (χ4n) is 2.29. The fraction of sp³-hybridized carbons (Fsp3) is 0.105. The van der Waals surface area contributed by atoms with Gasteiger partial charge in [0.1, 0.15) is 0 Å². The normalized spacial score (nSPS) is 14.8. The Bertz CT molecular complexity index is 1030. The van der Waals surface area contributed by atoms with Gasteiger partial charge in [0.05, 0.1) is 17.7 Å². The lowest BCUT2D eigenvalue weighted by molar-refractivity contribution is -0.134. The lowest BCUT2D eigenvalue weighted by Crippen LogP contribution is -2.08. The molecule has 0 N–H and O–H groups in total. The summed E-state index contributed by atoms with van der Waals surface area (Å²) in [6.07, 6.45) is 1.89. The number of esters is 2. The molecule has 1 heterocycles. The number of halogens is 4. The van der Waals surface area contributed by atoms with Crippen molar-refractivity contribution in [2.75, 3.05) is 0 Å². The highest BCUT2D eigenvalue weighted by molar-refractivity contribution is 14.1. The van der Waals surface area contributed by atoms with E-state index in [0.717, 1.165) is 12.7 Å². The van der Waals surface area contributed by atoms with Crippen molar-refractivity contribution >= 4 is 92.3 Å². The van der Waals surface area contributed by atoms with Crippen molar-refractivity contribution in [1.82, 2.24) is 0 Å². The van der Waals surface area contributed by atoms with E-state index in [4.69, 9.17) is 32.7 Å². The lowest BCUT2D eigenvalue weighted by Gasteiger charge is -2.09. The van der Waals surface area contributed by atoms with Crippen LogP contribution >= 0.6 is 68.4 Å². The van der Waals surface area contributed by atoms with Crippen LogP contribution in [0.2, 0.25) is 10.0 Å². The second-order valence-corrected chi connectivity index (χ2v) is 8.77. The second kappa shape index (κ2) is 9.10. The molecule has 5 nitrogen and oxygen atoms in total. The van der Waals surface area contributed by atoms with E-state index in [1.165, 1.54) is 0 Å². The first-order valence-electron chi connectivity index (χ1n) is 7.96. The van der Waals surface area contributed by atoms with E-state index in [2.05, 4.69) is 50.2 Å². The summed E-state index contributed by atoms with van der Waals surface area (Å²) >= 11 is 16.2. The van der Waals surface area contributed by atoms with Crippen molar-refractivity contribution in [3.8, 4) is 5.75 Å². The van der Waals surface area contributed by atoms with Crippen LogP contribution in [0.15, 0.2) is 41.0 Å². The molecule has 0 aliphatic carbocycles. The van der Waals surface area contributed by atoms with E-state index in [1.807, 2.05) is 0 Å². The van der Waals surface area contributed by atoms with Gasteiger partial charge < -0.3 is 9.47 Å². The van der Waals surface area contributed by atoms with Crippen molar-refractivity contribution in [1.29, 1.82) is 0 Å². The number of ether oxygens (including phenoxy) is 2. The van der Waals surface area contributed by atoms with Gasteiger partial charge in [0.15, 0.2) is 11.4 Å². The van der Waals surface area contributed by atoms with Gasteiger partial charge in [-0.1, -0.05) is 30.1 Å². The van der Waals surface area contributed by atoms with Gasteiger partial charge in [-0.05, 0) is 87.2 Å². The number of rotatable bonds is 4. The number of carbonyl (C=O) groups excluding carboxylic acids is 2. The Morgan fingerprint density at radius 2 is 1.89 bits per heavy atom. The summed E-state index contributed by atoms with van der Waals surface area (Å²) in [4.78, 5) is 28.0. The summed E-state index contributed by atoms with van der Waals surface area (Å²) in [5.74, 6) is -0.264. The Balaban J connectivity index is 1.93. The van der Waals surface area contributed by atoms with Crippen molar-refractivity contribution in [3.05, 3.63) is 64.3 Å². The van der Waals surface area contributed by atoms with Crippen LogP contribution in [-0.2, 0) is 14.3 Å². The van der Waals surface area contributed by atoms with Gasteiger partial charge in [0.2, 0.25) is 5.90 Å². The van der Waals surface area contributed by atoms with Gasteiger partial charge in [0.25, 0.3) is 0 Å².